The van der Waals surface area contributed by atoms with Gasteiger partial charge < -0.3 is 10.6 Å². The van der Waals surface area contributed by atoms with Crippen molar-refractivity contribution in [3.63, 3.8) is 0 Å². The Morgan fingerprint density at radius 1 is 1.14 bits per heavy atom. The molecule has 1 aromatic rings. The Morgan fingerprint density at radius 2 is 1.77 bits per heavy atom. The van der Waals surface area contributed by atoms with Crippen LogP contribution in [-0.4, -0.2) is 42.9 Å². The zero-order valence-electron chi connectivity index (χ0n) is 13.4. The molecule has 1 aromatic carbocycles. The first-order valence-corrected chi connectivity index (χ1v) is 7.47. The summed E-state index contributed by atoms with van der Waals surface area (Å²) in [7, 11) is 0. The van der Waals surface area contributed by atoms with Crippen LogP contribution in [0.1, 0.15) is 25.0 Å². The molecule has 0 spiro atoms. The second-order valence-electron chi connectivity index (χ2n) is 5.12. The first-order chi connectivity index (χ1) is 10.5. The quantitative estimate of drug-likeness (QED) is 0.759. The summed E-state index contributed by atoms with van der Waals surface area (Å²) in [6.45, 7) is 7.21. The number of likely N-dealkylation sites (N-methyl/N-ethyl adjacent to an activating group) is 2. The van der Waals surface area contributed by atoms with E-state index in [1.807, 2.05) is 13.8 Å². The highest BCUT2D eigenvalue weighted by Gasteiger charge is 2.12. The Morgan fingerprint density at radius 3 is 2.32 bits per heavy atom. The van der Waals surface area contributed by atoms with Gasteiger partial charge in [-0.1, -0.05) is 19.1 Å². The summed E-state index contributed by atoms with van der Waals surface area (Å²) >= 11 is 0. The van der Waals surface area contributed by atoms with Gasteiger partial charge in [0.2, 0.25) is 11.8 Å². The average Bonchev–Trinajstić information content (AvgIpc) is 2.48. The summed E-state index contributed by atoms with van der Waals surface area (Å²) in [5, 5.41) is 5.44. The molecule has 0 aromatic heterocycles. The second-order valence-corrected chi connectivity index (χ2v) is 5.12. The topological polar surface area (TPSA) is 61.4 Å². The van der Waals surface area contributed by atoms with E-state index in [9.17, 15) is 14.0 Å². The van der Waals surface area contributed by atoms with Crippen molar-refractivity contribution in [3.05, 3.63) is 35.1 Å². The average molecular weight is 309 g/mol. The van der Waals surface area contributed by atoms with E-state index >= 15 is 0 Å². The molecule has 0 aliphatic rings. The van der Waals surface area contributed by atoms with Crippen LogP contribution in [0.25, 0.3) is 0 Å². The zero-order chi connectivity index (χ0) is 16.5. The fraction of sp³-hybridized carbons (Fsp3) is 0.500. The lowest BCUT2D eigenvalue weighted by Gasteiger charge is -2.19. The number of hydrogen-bond acceptors (Lipinski definition) is 3. The SMILES string of the molecule is CCNC(=O)CN(CC)CC(=O)NCc1ccc(C)c(F)c1. The highest BCUT2D eigenvalue weighted by Crippen LogP contribution is 2.08. The predicted molar refractivity (Wildman–Crippen MR) is 83.8 cm³/mol. The number of amides is 2. The normalized spacial score (nSPS) is 10.6. The number of aryl methyl sites for hydroxylation is 1. The molecule has 6 heteroatoms. The molecule has 0 aliphatic carbocycles. The highest BCUT2D eigenvalue weighted by atomic mass is 19.1. The van der Waals surface area contributed by atoms with Crippen LogP contribution in [0.3, 0.4) is 0 Å². The Balaban J connectivity index is 2.43. The van der Waals surface area contributed by atoms with Crippen LogP contribution in [0.4, 0.5) is 4.39 Å². The van der Waals surface area contributed by atoms with Gasteiger partial charge in [-0.25, -0.2) is 4.39 Å². The van der Waals surface area contributed by atoms with E-state index in [0.29, 0.717) is 24.2 Å². The number of nitrogens with zero attached hydrogens (tertiary/aromatic N) is 1. The van der Waals surface area contributed by atoms with Gasteiger partial charge in [-0.05, 0) is 37.6 Å². The minimum absolute atomic E-state index is 0.0993. The standard InChI is InChI=1S/C16H24FN3O2/c1-4-18-15(21)10-20(5-2)11-16(22)19-9-13-7-6-12(3)14(17)8-13/h6-8H,4-5,9-11H2,1-3H3,(H,18,21)(H,19,22). The molecule has 22 heavy (non-hydrogen) atoms. The van der Waals surface area contributed by atoms with E-state index in [4.69, 9.17) is 0 Å². The summed E-state index contributed by atoms with van der Waals surface area (Å²) in [6.07, 6.45) is 0. The second kappa shape index (κ2) is 9.15. The summed E-state index contributed by atoms with van der Waals surface area (Å²) in [4.78, 5) is 25.2. The van der Waals surface area contributed by atoms with Crippen LogP contribution in [0, 0.1) is 12.7 Å². The van der Waals surface area contributed by atoms with Gasteiger partial charge in [0.1, 0.15) is 5.82 Å². The van der Waals surface area contributed by atoms with Crippen molar-refractivity contribution in [2.45, 2.75) is 27.3 Å². The molecule has 0 bridgehead atoms. The van der Waals surface area contributed by atoms with Crippen LogP contribution in [0.2, 0.25) is 0 Å². The molecule has 2 N–H and O–H groups in total. The number of nitrogens with one attached hydrogen (secondary N) is 2. The molecule has 1 rings (SSSR count). The third-order valence-electron chi connectivity index (χ3n) is 3.28. The predicted octanol–water partition coefficient (Wildman–Crippen LogP) is 1.21. The molecular weight excluding hydrogens is 285 g/mol. The molecule has 0 unspecified atom stereocenters. The number of halogens is 1. The van der Waals surface area contributed by atoms with Crippen molar-refractivity contribution in [2.75, 3.05) is 26.2 Å². The zero-order valence-corrected chi connectivity index (χ0v) is 13.4. The number of benzene rings is 1. The molecule has 0 aliphatic heterocycles. The van der Waals surface area contributed by atoms with Crippen molar-refractivity contribution in [1.82, 2.24) is 15.5 Å². The van der Waals surface area contributed by atoms with Gasteiger partial charge in [0, 0.05) is 13.1 Å². The Bertz CT molecular complexity index is 520. The van der Waals surface area contributed by atoms with Crippen molar-refractivity contribution >= 4 is 11.8 Å². The van der Waals surface area contributed by atoms with Crippen molar-refractivity contribution in [1.29, 1.82) is 0 Å². The van der Waals surface area contributed by atoms with Gasteiger partial charge in [-0.15, -0.1) is 0 Å². The van der Waals surface area contributed by atoms with E-state index in [0.717, 1.165) is 0 Å². The largest absolute Gasteiger partial charge is 0.355 e. The molecule has 0 heterocycles. The minimum atomic E-state index is -0.279. The molecule has 0 saturated carbocycles. The first kappa shape index (κ1) is 18.1. The highest BCUT2D eigenvalue weighted by molar-refractivity contribution is 5.81. The van der Waals surface area contributed by atoms with Crippen molar-refractivity contribution < 1.29 is 14.0 Å². The maximum absolute atomic E-state index is 13.4. The summed E-state index contributed by atoms with van der Waals surface area (Å²) < 4.78 is 13.4. The van der Waals surface area contributed by atoms with Crippen LogP contribution >= 0.6 is 0 Å². The maximum Gasteiger partial charge on any atom is 0.234 e. The van der Waals surface area contributed by atoms with Gasteiger partial charge in [-0.2, -0.15) is 0 Å². The van der Waals surface area contributed by atoms with E-state index in [2.05, 4.69) is 10.6 Å². The van der Waals surface area contributed by atoms with Crippen LogP contribution in [0.5, 0.6) is 0 Å². The van der Waals surface area contributed by atoms with Gasteiger partial charge in [0.15, 0.2) is 0 Å². The molecule has 0 saturated heterocycles. The third kappa shape index (κ3) is 6.22. The number of carbonyl (C=O) groups is 2. The van der Waals surface area contributed by atoms with Crippen molar-refractivity contribution in [3.8, 4) is 0 Å². The number of rotatable bonds is 8. The maximum atomic E-state index is 13.4. The molecule has 0 fully saturated rings. The third-order valence-corrected chi connectivity index (χ3v) is 3.28. The lowest BCUT2D eigenvalue weighted by Crippen LogP contribution is -2.42. The smallest absolute Gasteiger partial charge is 0.234 e. The number of carbonyl (C=O) groups excluding carboxylic acids is 2. The van der Waals surface area contributed by atoms with Crippen LogP contribution < -0.4 is 10.6 Å². The van der Waals surface area contributed by atoms with Crippen LogP contribution in [0.15, 0.2) is 18.2 Å². The Labute approximate surface area is 130 Å². The molecular formula is C16H24FN3O2. The summed E-state index contributed by atoms with van der Waals surface area (Å²) in [5.74, 6) is -0.567. The fourth-order valence-electron chi connectivity index (χ4n) is 1.94. The van der Waals surface area contributed by atoms with Gasteiger partial charge in [-0.3, -0.25) is 14.5 Å². The lowest BCUT2D eigenvalue weighted by molar-refractivity contribution is -0.125. The molecule has 0 radical (unpaired) electrons. The fourth-order valence-corrected chi connectivity index (χ4v) is 1.94. The van der Waals surface area contributed by atoms with E-state index in [1.165, 1.54) is 6.07 Å². The van der Waals surface area contributed by atoms with Gasteiger partial charge in [0.25, 0.3) is 0 Å². The van der Waals surface area contributed by atoms with E-state index in [-0.39, 0.29) is 37.3 Å². The van der Waals surface area contributed by atoms with Gasteiger partial charge in [0.05, 0.1) is 13.1 Å². The molecule has 0 atom stereocenters. The van der Waals surface area contributed by atoms with Crippen LogP contribution in [-0.2, 0) is 16.1 Å². The summed E-state index contributed by atoms with van der Waals surface area (Å²) in [5.41, 5.74) is 1.29. The van der Waals surface area contributed by atoms with Gasteiger partial charge >= 0.3 is 0 Å². The Kier molecular flexibility index (Phi) is 7.52. The minimum Gasteiger partial charge on any atom is -0.355 e. The lowest BCUT2D eigenvalue weighted by atomic mass is 10.1. The first-order valence-electron chi connectivity index (χ1n) is 7.47. The van der Waals surface area contributed by atoms with E-state index in [1.54, 1.807) is 24.0 Å². The van der Waals surface area contributed by atoms with Crippen molar-refractivity contribution in [2.24, 2.45) is 0 Å². The monoisotopic (exact) mass is 309 g/mol. The molecule has 5 nitrogen and oxygen atoms in total. The number of hydrogen-bond donors (Lipinski definition) is 2. The molecule has 122 valence electrons. The summed E-state index contributed by atoms with van der Waals surface area (Å²) in [6, 6.07) is 4.89. The molecule has 2 amide bonds. The Hall–Kier alpha value is -1.95. The van der Waals surface area contributed by atoms with E-state index < -0.39 is 0 Å².